The van der Waals surface area contributed by atoms with Crippen molar-refractivity contribution in [3.63, 3.8) is 0 Å². The maximum Gasteiger partial charge on any atom is 0.123 e. The molecule has 3 nitrogen and oxygen atoms in total. The summed E-state index contributed by atoms with van der Waals surface area (Å²) in [6, 6.07) is 6.40. The number of methoxy groups -OCH3 is 1. The number of ether oxygens (including phenoxy) is 1. The van der Waals surface area contributed by atoms with Gasteiger partial charge in [0.15, 0.2) is 0 Å². The van der Waals surface area contributed by atoms with Crippen LogP contribution in [0.5, 0.6) is 5.75 Å². The van der Waals surface area contributed by atoms with Gasteiger partial charge in [0.05, 0.1) is 7.11 Å². The molecule has 0 saturated carbocycles. The molecule has 0 aliphatic heterocycles. The normalized spacial score (nSPS) is 12.8. The Kier molecular flexibility index (Phi) is 5.45. The molecule has 1 atom stereocenters. The molecule has 3 N–H and O–H groups in total. The Hall–Kier alpha value is -1.06. The molecule has 17 heavy (non-hydrogen) atoms. The molecule has 0 saturated heterocycles. The summed E-state index contributed by atoms with van der Waals surface area (Å²) in [4.78, 5) is 0. The quantitative estimate of drug-likeness (QED) is 0.589. The second-order valence-corrected chi connectivity index (χ2v) is 4.94. The molecule has 0 aliphatic rings. The lowest BCUT2D eigenvalue weighted by atomic mass is 9.96. The van der Waals surface area contributed by atoms with E-state index < -0.39 is 0 Å². The van der Waals surface area contributed by atoms with E-state index in [2.05, 4.69) is 44.4 Å². The van der Waals surface area contributed by atoms with Crippen LogP contribution in [0.3, 0.4) is 0 Å². The SMILES string of the molecule is COc1cc(C)ccc1C(CCC(C)C)NN. The first-order valence-corrected chi connectivity index (χ1v) is 6.19. The average molecular weight is 236 g/mol. The zero-order valence-electron chi connectivity index (χ0n) is 11.3. The average Bonchev–Trinajstić information content (AvgIpc) is 2.30. The van der Waals surface area contributed by atoms with Crippen LogP contribution in [-0.2, 0) is 0 Å². The van der Waals surface area contributed by atoms with Gasteiger partial charge in [-0.1, -0.05) is 26.0 Å². The Morgan fingerprint density at radius 2 is 2.00 bits per heavy atom. The molecule has 1 rings (SSSR count). The topological polar surface area (TPSA) is 47.3 Å². The van der Waals surface area contributed by atoms with Gasteiger partial charge < -0.3 is 4.74 Å². The fraction of sp³-hybridized carbons (Fsp3) is 0.571. The monoisotopic (exact) mass is 236 g/mol. The Balaban J connectivity index is 2.87. The number of rotatable bonds is 6. The van der Waals surface area contributed by atoms with Crippen molar-refractivity contribution < 1.29 is 4.74 Å². The van der Waals surface area contributed by atoms with E-state index >= 15 is 0 Å². The third-order valence-electron chi connectivity index (χ3n) is 3.00. The Morgan fingerprint density at radius 1 is 1.29 bits per heavy atom. The predicted octanol–water partition coefficient (Wildman–Crippen LogP) is 2.94. The molecular formula is C14H24N2O. The van der Waals surface area contributed by atoms with E-state index in [1.165, 1.54) is 5.56 Å². The number of hydrogen-bond donors (Lipinski definition) is 2. The van der Waals surface area contributed by atoms with Crippen molar-refractivity contribution in [1.29, 1.82) is 0 Å². The van der Waals surface area contributed by atoms with Crippen LogP contribution in [0, 0.1) is 12.8 Å². The van der Waals surface area contributed by atoms with Gasteiger partial charge in [-0.25, -0.2) is 0 Å². The third-order valence-corrected chi connectivity index (χ3v) is 3.00. The highest BCUT2D eigenvalue weighted by molar-refractivity contribution is 5.39. The minimum Gasteiger partial charge on any atom is -0.496 e. The van der Waals surface area contributed by atoms with E-state index in [4.69, 9.17) is 10.6 Å². The lowest BCUT2D eigenvalue weighted by molar-refractivity contribution is 0.387. The Morgan fingerprint density at radius 3 is 2.53 bits per heavy atom. The van der Waals surface area contributed by atoms with Gasteiger partial charge >= 0.3 is 0 Å². The van der Waals surface area contributed by atoms with Crippen LogP contribution in [0.15, 0.2) is 18.2 Å². The van der Waals surface area contributed by atoms with Crippen LogP contribution < -0.4 is 16.0 Å². The number of aryl methyl sites for hydroxylation is 1. The van der Waals surface area contributed by atoms with Gasteiger partial charge in [-0.3, -0.25) is 11.3 Å². The first kappa shape index (κ1) is 14.0. The molecule has 0 radical (unpaired) electrons. The summed E-state index contributed by atoms with van der Waals surface area (Å²) >= 11 is 0. The van der Waals surface area contributed by atoms with Crippen molar-refractivity contribution in [1.82, 2.24) is 5.43 Å². The van der Waals surface area contributed by atoms with Crippen LogP contribution in [-0.4, -0.2) is 7.11 Å². The fourth-order valence-electron chi connectivity index (χ4n) is 1.93. The van der Waals surface area contributed by atoms with Gasteiger partial charge in [-0.05, 0) is 37.3 Å². The summed E-state index contributed by atoms with van der Waals surface area (Å²) in [6.07, 6.45) is 2.17. The molecule has 0 fully saturated rings. The molecule has 0 bridgehead atoms. The molecular weight excluding hydrogens is 212 g/mol. The van der Waals surface area contributed by atoms with Crippen molar-refractivity contribution in [2.24, 2.45) is 11.8 Å². The van der Waals surface area contributed by atoms with Crippen molar-refractivity contribution in [3.8, 4) is 5.75 Å². The first-order valence-electron chi connectivity index (χ1n) is 6.19. The van der Waals surface area contributed by atoms with Crippen LogP contribution in [0.2, 0.25) is 0 Å². The summed E-state index contributed by atoms with van der Waals surface area (Å²) in [7, 11) is 1.70. The van der Waals surface area contributed by atoms with Gasteiger partial charge in [0.2, 0.25) is 0 Å². The maximum atomic E-state index is 5.65. The number of hydrogen-bond acceptors (Lipinski definition) is 3. The number of nitrogens with one attached hydrogen (secondary N) is 1. The summed E-state index contributed by atoms with van der Waals surface area (Å²) in [6.45, 7) is 6.51. The highest BCUT2D eigenvalue weighted by Crippen LogP contribution is 2.29. The molecule has 0 amide bonds. The Labute approximate surface area is 104 Å². The molecule has 0 aliphatic carbocycles. The maximum absolute atomic E-state index is 5.65. The Bertz CT molecular complexity index is 350. The third kappa shape index (κ3) is 4.02. The molecule has 0 heterocycles. The van der Waals surface area contributed by atoms with Crippen LogP contribution >= 0.6 is 0 Å². The van der Waals surface area contributed by atoms with E-state index in [9.17, 15) is 0 Å². The van der Waals surface area contributed by atoms with E-state index in [1.54, 1.807) is 7.11 Å². The predicted molar refractivity (Wildman–Crippen MR) is 71.9 cm³/mol. The number of hydrazine groups is 1. The van der Waals surface area contributed by atoms with Gasteiger partial charge in [0.25, 0.3) is 0 Å². The van der Waals surface area contributed by atoms with E-state index in [-0.39, 0.29) is 6.04 Å². The van der Waals surface area contributed by atoms with Crippen molar-refractivity contribution >= 4 is 0 Å². The summed E-state index contributed by atoms with van der Waals surface area (Å²) < 4.78 is 5.42. The molecule has 0 aromatic heterocycles. The fourth-order valence-corrected chi connectivity index (χ4v) is 1.93. The molecule has 1 unspecified atom stereocenters. The van der Waals surface area contributed by atoms with Gasteiger partial charge in [-0.15, -0.1) is 0 Å². The van der Waals surface area contributed by atoms with Crippen LogP contribution in [0.25, 0.3) is 0 Å². The molecule has 0 spiro atoms. The smallest absolute Gasteiger partial charge is 0.123 e. The highest BCUT2D eigenvalue weighted by atomic mass is 16.5. The van der Waals surface area contributed by atoms with Gasteiger partial charge in [0.1, 0.15) is 5.75 Å². The van der Waals surface area contributed by atoms with E-state index in [1.807, 2.05) is 0 Å². The van der Waals surface area contributed by atoms with Gasteiger partial charge in [-0.2, -0.15) is 0 Å². The molecule has 1 aromatic rings. The second-order valence-electron chi connectivity index (χ2n) is 4.94. The summed E-state index contributed by atoms with van der Waals surface area (Å²) in [5, 5.41) is 0. The van der Waals surface area contributed by atoms with Crippen LogP contribution in [0.1, 0.15) is 43.9 Å². The van der Waals surface area contributed by atoms with E-state index in [0.29, 0.717) is 5.92 Å². The minimum atomic E-state index is 0.160. The molecule has 96 valence electrons. The van der Waals surface area contributed by atoms with Crippen molar-refractivity contribution in [3.05, 3.63) is 29.3 Å². The van der Waals surface area contributed by atoms with E-state index in [0.717, 1.165) is 24.2 Å². The largest absolute Gasteiger partial charge is 0.496 e. The zero-order valence-corrected chi connectivity index (χ0v) is 11.3. The summed E-state index contributed by atoms with van der Waals surface area (Å²) in [5.74, 6) is 7.24. The molecule has 1 aromatic carbocycles. The second kappa shape index (κ2) is 6.62. The number of benzene rings is 1. The van der Waals surface area contributed by atoms with Crippen molar-refractivity contribution in [2.45, 2.75) is 39.7 Å². The highest BCUT2D eigenvalue weighted by Gasteiger charge is 2.15. The van der Waals surface area contributed by atoms with Gasteiger partial charge in [0, 0.05) is 11.6 Å². The lowest BCUT2D eigenvalue weighted by Gasteiger charge is -2.20. The van der Waals surface area contributed by atoms with Crippen LogP contribution in [0.4, 0.5) is 0 Å². The lowest BCUT2D eigenvalue weighted by Crippen LogP contribution is -2.28. The van der Waals surface area contributed by atoms with Crippen molar-refractivity contribution in [2.75, 3.05) is 7.11 Å². The standard InChI is InChI=1S/C14H24N2O/c1-10(2)5-8-13(16-15)12-7-6-11(3)9-14(12)17-4/h6-7,9-10,13,16H,5,8,15H2,1-4H3. The minimum absolute atomic E-state index is 0.160. The first-order chi connectivity index (χ1) is 8.08. The number of nitrogens with two attached hydrogens (primary N) is 1. The zero-order chi connectivity index (χ0) is 12.8. The summed E-state index contributed by atoms with van der Waals surface area (Å²) in [5.41, 5.74) is 5.23. The molecule has 3 heteroatoms.